The molecule has 16 heavy (non-hydrogen) atoms. The zero-order chi connectivity index (χ0) is 11.7. The standard InChI is InChI=1S/C12H9ClO3/c1-16-12(15)9-6-10(13)7-4-2-3-5-8(7)11(9)14/h2-6,14H,1H3. The van der Waals surface area contributed by atoms with Crippen LogP contribution in [0.25, 0.3) is 10.8 Å². The first-order valence-corrected chi connectivity index (χ1v) is 5.01. The molecule has 0 amide bonds. The quantitative estimate of drug-likeness (QED) is 0.775. The lowest BCUT2D eigenvalue weighted by Gasteiger charge is -2.07. The summed E-state index contributed by atoms with van der Waals surface area (Å²) < 4.78 is 4.56. The molecule has 2 aromatic rings. The van der Waals surface area contributed by atoms with Crippen LogP contribution in [-0.4, -0.2) is 18.2 Å². The fourth-order valence-electron chi connectivity index (χ4n) is 1.58. The molecule has 0 saturated carbocycles. The zero-order valence-corrected chi connectivity index (χ0v) is 9.28. The lowest BCUT2D eigenvalue weighted by Crippen LogP contribution is -2.01. The van der Waals surface area contributed by atoms with E-state index in [0.29, 0.717) is 15.8 Å². The number of hydrogen-bond acceptors (Lipinski definition) is 3. The SMILES string of the molecule is COC(=O)c1cc(Cl)c2ccccc2c1O. The summed E-state index contributed by atoms with van der Waals surface area (Å²) in [5.74, 6) is -0.711. The Hall–Kier alpha value is -1.74. The first kappa shape index (κ1) is 10.8. The molecular weight excluding hydrogens is 228 g/mol. The molecule has 2 aromatic carbocycles. The third-order valence-corrected chi connectivity index (χ3v) is 2.68. The van der Waals surface area contributed by atoms with Crippen LogP contribution < -0.4 is 0 Å². The number of hydrogen-bond donors (Lipinski definition) is 1. The second-order valence-corrected chi connectivity index (χ2v) is 3.70. The highest BCUT2D eigenvalue weighted by Crippen LogP contribution is 2.34. The molecule has 82 valence electrons. The molecule has 0 radical (unpaired) electrons. The molecule has 2 rings (SSSR count). The van der Waals surface area contributed by atoms with Gasteiger partial charge in [-0.05, 0) is 6.07 Å². The number of carbonyl (C=O) groups excluding carboxylic acids is 1. The lowest BCUT2D eigenvalue weighted by atomic mass is 10.1. The number of methoxy groups -OCH3 is 1. The van der Waals surface area contributed by atoms with E-state index in [1.54, 1.807) is 18.2 Å². The first-order valence-electron chi connectivity index (χ1n) is 4.63. The fraction of sp³-hybridized carbons (Fsp3) is 0.0833. The number of phenols is 1. The minimum atomic E-state index is -0.606. The van der Waals surface area contributed by atoms with Crippen molar-refractivity contribution in [3.8, 4) is 5.75 Å². The number of halogens is 1. The summed E-state index contributed by atoms with van der Waals surface area (Å²) in [7, 11) is 1.25. The smallest absolute Gasteiger partial charge is 0.341 e. The summed E-state index contributed by atoms with van der Waals surface area (Å²) in [5, 5.41) is 11.6. The van der Waals surface area contributed by atoms with Gasteiger partial charge < -0.3 is 9.84 Å². The normalized spacial score (nSPS) is 10.4. The average molecular weight is 237 g/mol. The molecule has 3 nitrogen and oxygen atoms in total. The van der Waals surface area contributed by atoms with Gasteiger partial charge in [-0.15, -0.1) is 0 Å². The van der Waals surface area contributed by atoms with Crippen molar-refractivity contribution in [2.24, 2.45) is 0 Å². The summed E-state index contributed by atoms with van der Waals surface area (Å²) in [5.41, 5.74) is 0.0752. The molecule has 0 aliphatic heterocycles. The van der Waals surface area contributed by atoms with Crippen LogP contribution in [0.5, 0.6) is 5.75 Å². The molecule has 0 aromatic heterocycles. The van der Waals surface area contributed by atoms with E-state index in [1.807, 2.05) is 6.07 Å². The maximum absolute atomic E-state index is 11.4. The minimum absolute atomic E-state index is 0.0752. The van der Waals surface area contributed by atoms with Gasteiger partial charge in [0.05, 0.1) is 7.11 Å². The topological polar surface area (TPSA) is 46.5 Å². The number of benzene rings is 2. The van der Waals surface area contributed by atoms with Gasteiger partial charge >= 0.3 is 5.97 Å². The van der Waals surface area contributed by atoms with E-state index in [-0.39, 0.29) is 11.3 Å². The van der Waals surface area contributed by atoms with E-state index in [0.717, 1.165) is 0 Å². The largest absolute Gasteiger partial charge is 0.506 e. The van der Waals surface area contributed by atoms with E-state index in [2.05, 4.69) is 4.74 Å². The molecule has 4 heteroatoms. The summed E-state index contributed by atoms with van der Waals surface area (Å²) in [6.07, 6.45) is 0. The van der Waals surface area contributed by atoms with Crippen LogP contribution in [0.4, 0.5) is 0 Å². The summed E-state index contributed by atoms with van der Waals surface area (Å²) >= 11 is 6.02. The summed E-state index contributed by atoms with van der Waals surface area (Å²) in [6.45, 7) is 0. The lowest BCUT2D eigenvalue weighted by molar-refractivity contribution is 0.0598. The molecule has 0 aliphatic rings. The van der Waals surface area contributed by atoms with Gasteiger partial charge in [0, 0.05) is 15.8 Å². The van der Waals surface area contributed by atoms with Crippen LogP contribution in [0.15, 0.2) is 30.3 Å². The van der Waals surface area contributed by atoms with Gasteiger partial charge in [0.25, 0.3) is 0 Å². The van der Waals surface area contributed by atoms with Crippen molar-refractivity contribution in [2.75, 3.05) is 7.11 Å². The highest BCUT2D eigenvalue weighted by molar-refractivity contribution is 6.36. The van der Waals surface area contributed by atoms with Crippen LogP contribution in [0.3, 0.4) is 0 Å². The van der Waals surface area contributed by atoms with Crippen molar-refractivity contribution >= 4 is 28.3 Å². The Kier molecular flexibility index (Phi) is 2.71. The van der Waals surface area contributed by atoms with Crippen LogP contribution in [0.2, 0.25) is 5.02 Å². The predicted molar refractivity (Wildman–Crippen MR) is 62.0 cm³/mol. The fourth-order valence-corrected chi connectivity index (χ4v) is 1.86. The van der Waals surface area contributed by atoms with E-state index in [1.165, 1.54) is 13.2 Å². The van der Waals surface area contributed by atoms with Crippen molar-refractivity contribution in [2.45, 2.75) is 0 Å². The van der Waals surface area contributed by atoms with Gasteiger partial charge in [0.1, 0.15) is 11.3 Å². The van der Waals surface area contributed by atoms with Gasteiger partial charge in [-0.3, -0.25) is 0 Å². The van der Waals surface area contributed by atoms with Crippen LogP contribution >= 0.6 is 11.6 Å². The number of esters is 1. The van der Waals surface area contributed by atoms with Gasteiger partial charge in [-0.25, -0.2) is 4.79 Å². The highest BCUT2D eigenvalue weighted by atomic mass is 35.5. The van der Waals surface area contributed by atoms with E-state index in [9.17, 15) is 9.90 Å². The third kappa shape index (κ3) is 1.59. The van der Waals surface area contributed by atoms with E-state index >= 15 is 0 Å². The average Bonchev–Trinajstić information content (AvgIpc) is 2.33. The maximum atomic E-state index is 11.4. The van der Waals surface area contributed by atoms with Crippen LogP contribution in [0.1, 0.15) is 10.4 Å². The second kappa shape index (κ2) is 4.02. The molecule has 0 aliphatic carbocycles. The third-order valence-electron chi connectivity index (χ3n) is 2.37. The zero-order valence-electron chi connectivity index (χ0n) is 8.53. The Morgan fingerprint density at radius 1 is 1.31 bits per heavy atom. The van der Waals surface area contributed by atoms with Crippen molar-refractivity contribution in [3.63, 3.8) is 0 Å². The van der Waals surface area contributed by atoms with Crippen molar-refractivity contribution < 1.29 is 14.6 Å². The number of phenolic OH excluding ortho intramolecular Hbond substituents is 1. The van der Waals surface area contributed by atoms with Gasteiger partial charge in [-0.1, -0.05) is 35.9 Å². The minimum Gasteiger partial charge on any atom is -0.506 e. The molecule has 0 fully saturated rings. The van der Waals surface area contributed by atoms with Crippen LogP contribution in [-0.2, 0) is 4.74 Å². The molecule has 1 N–H and O–H groups in total. The molecule has 0 atom stereocenters. The van der Waals surface area contributed by atoms with Gasteiger partial charge in [0.2, 0.25) is 0 Å². The van der Waals surface area contributed by atoms with Crippen molar-refractivity contribution in [1.82, 2.24) is 0 Å². The second-order valence-electron chi connectivity index (χ2n) is 3.29. The molecule has 0 saturated heterocycles. The number of aromatic hydroxyl groups is 1. The molecule has 0 unspecified atom stereocenters. The van der Waals surface area contributed by atoms with E-state index < -0.39 is 5.97 Å². The summed E-state index contributed by atoms with van der Waals surface area (Å²) in [6, 6.07) is 8.46. The Balaban J connectivity index is 2.80. The Labute approximate surface area is 97.2 Å². The molecule has 0 heterocycles. The number of ether oxygens (including phenoxy) is 1. The first-order chi connectivity index (χ1) is 7.65. The van der Waals surface area contributed by atoms with Crippen molar-refractivity contribution in [3.05, 3.63) is 40.9 Å². The highest BCUT2D eigenvalue weighted by Gasteiger charge is 2.16. The Bertz CT molecular complexity index is 563. The maximum Gasteiger partial charge on any atom is 0.341 e. The number of carbonyl (C=O) groups is 1. The van der Waals surface area contributed by atoms with Crippen molar-refractivity contribution in [1.29, 1.82) is 0 Å². The Morgan fingerprint density at radius 3 is 2.56 bits per heavy atom. The van der Waals surface area contributed by atoms with E-state index in [4.69, 9.17) is 11.6 Å². The predicted octanol–water partition coefficient (Wildman–Crippen LogP) is 2.99. The Morgan fingerprint density at radius 2 is 1.94 bits per heavy atom. The molecular formula is C12H9ClO3. The van der Waals surface area contributed by atoms with Gasteiger partial charge in [0.15, 0.2) is 0 Å². The monoisotopic (exact) mass is 236 g/mol. The number of fused-ring (bicyclic) bond motifs is 1. The van der Waals surface area contributed by atoms with Crippen LogP contribution in [0, 0.1) is 0 Å². The molecule has 0 spiro atoms. The summed E-state index contributed by atoms with van der Waals surface area (Å²) in [4.78, 5) is 11.4. The number of rotatable bonds is 1. The van der Waals surface area contributed by atoms with Gasteiger partial charge in [-0.2, -0.15) is 0 Å². The molecule has 0 bridgehead atoms.